The van der Waals surface area contributed by atoms with E-state index in [-0.39, 0.29) is 17.1 Å². The topological polar surface area (TPSA) is 32.8 Å². The number of aliphatic hydroxyl groups excluding tert-OH is 1. The first-order valence-electron chi connectivity index (χ1n) is 14.1. The molecule has 0 bridgehead atoms. The Bertz CT molecular complexity index is 741. The molecule has 184 valence electrons. The lowest BCUT2D eigenvalue weighted by Gasteiger charge is -2.67. The predicted molar refractivity (Wildman–Crippen MR) is 132 cm³/mol. The third-order valence-electron chi connectivity index (χ3n) is 13.2. The molecule has 1 N–H and O–H groups in total. The summed E-state index contributed by atoms with van der Waals surface area (Å²) in [5.74, 6) is 4.13. The lowest BCUT2D eigenvalue weighted by Crippen LogP contribution is -2.61. The molecule has 0 spiro atoms. The minimum absolute atomic E-state index is 0.0744. The average molecular weight is 445 g/mol. The van der Waals surface area contributed by atoms with Crippen molar-refractivity contribution < 1.29 is 9.84 Å². The smallest absolute Gasteiger partial charge is 0.0892 e. The van der Waals surface area contributed by atoms with Crippen LogP contribution in [0.3, 0.4) is 0 Å². The third-order valence-corrected chi connectivity index (χ3v) is 13.2. The number of epoxide rings is 1. The summed E-state index contributed by atoms with van der Waals surface area (Å²) in [4.78, 5) is 0. The van der Waals surface area contributed by atoms with E-state index >= 15 is 0 Å². The standard InChI is InChI=1S/C30H52O2/c1-19(9-12-25-27(4,5)32-25)20-13-17-30(8)22-10-11-23-26(2,3)24(31)15-16-28(23,6)21(22)14-18-29(20,30)7/h19-25,31H,9-18H2,1-8H3. The first-order chi connectivity index (χ1) is 14.8. The molecule has 0 amide bonds. The van der Waals surface area contributed by atoms with Crippen LogP contribution < -0.4 is 0 Å². The van der Waals surface area contributed by atoms with E-state index in [1.54, 1.807) is 0 Å². The van der Waals surface area contributed by atoms with Crippen molar-refractivity contribution in [2.24, 2.45) is 51.2 Å². The first kappa shape index (κ1) is 23.7. The van der Waals surface area contributed by atoms with Crippen LogP contribution in [-0.4, -0.2) is 22.9 Å². The molecule has 10 unspecified atom stereocenters. The van der Waals surface area contributed by atoms with E-state index in [0.29, 0.717) is 28.3 Å². The molecule has 4 aliphatic carbocycles. The van der Waals surface area contributed by atoms with Crippen molar-refractivity contribution in [1.82, 2.24) is 0 Å². The molecule has 10 atom stereocenters. The Morgan fingerprint density at radius 1 is 0.812 bits per heavy atom. The Hall–Kier alpha value is -0.0800. The Morgan fingerprint density at radius 2 is 1.47 bits per heavy atom. The van der Waals surface area contributed by atoms with Gasteiger partial charge >= 0.3 is 0 Å². The molecule has 4 saturated carbocycles. The summed E-state index contributed by atoms with van der Waals surface area (Å²) >= 11 is 0. The zero-order chi connectivity index (χ0) is 23.3. The normalized spacial score (nSPS) is 54.3. The van der Waals surface area contributed by atoms with Crippen molar-refractivity contribution in [2.75, 3.05) is 0 Å². The van der Waals surface area contributed by atoms with Gasteiger partial charge in [0.25, 0.3) is 0 Å². The van der Waals surface area contributed by atoms with Crippen LogP contribution in [0.4, 0.5) is 0 Å². The van der Waals surface area contributed by atoms with E-state index in [4.69, 9.17) is 4.74 Å². The van der Waals surface area contributed by atoms with Gasteiger partial charge in [-0.2, -0.15) is 0 Å². The molecule has 0 radical (unpaired) electrons. The van der Waals surface area contributed by atoms with Crippen molar-refractivity contribution in [1.29, 1.82) is 0 Å². The second-order valence-corrected chi connectivity index (χ2v) is 15.0. The Balaban J connectivity index is 1.35. The summed E-state index contributed by atoms with van der Waals surface area (Å²) < 4.78 is 5.91. The minimum atomic E-state index is -0.112. The summed E-state index contributed by atoms with van der Waals surface area (Å²) in [5.41, 5.74) is 1.64. The molecule has 2 heteroatoms. The monoisotopic (exact) mass is 444 g/mol. The van der Waals surface area contributed by atoms with Crippen molar-refractivity contribution >= 4 is 0 Å². The van der Waals surface area contributed by atoms with Gasteiger partial charge in [0.05, 0.1) is 17.8 Å². The second-order valence-electron chi connectivity index (χ2n) is 15.0. The van der Waals surface area contributed by atoms with Crippen LogP contribution in [0.5, 0.6) is 0 Å². The van der Waals surface area contributed by atoms with Crippen molar-refractivity contribution in [3.05, 3.63) is 0 Å². The maximum atomic E-state index is 10.8. The van der Waals surface area contributed by atoms with Crippen LogP contribution in [0.25, 0.3) is 0 Å². The zero-order valence-electron chi connectivity index (χ0n) is 22.5. The number of hydrogen-bond acceptors (Lipinski definition) is 2. The lowest BCUT2D eigenvalue weighted by molar-refractivity contribution is -0.200. The molecule has 0 aromatic rings. The fourth-order valence-corrected chi connectivity index (χ4v) is 10.8. The van der Waals surface area contributed by atoms with Crippen LogP contribution >= 0.6 is 0 Å². The van der Waals surface area contributed by atoms with Gasteiger partial charge in [-0.25, -0.2) is 0 Å². The van der Waals surface area contributed by atoms with Gasteiger partial charge in [-0.1, -0.05) is 41.5 Å². The fourth-order valence-electron chi connectivity index (χ4n) is 10.8. The highest BCUT2D eigenvalue weighted by Gasteiger charge is 2.67. The maximum Gasteiger partial charge on any atom is 0.0892 e. The van der Waals surface area contributed by atoms with E-state index in [0.717, 1.165) is 30.1 Å². The van der Waals surface area contributed by atoms with Crippen molar-refractivity contribution in [3.63, 3.8) is 0 Å². The summed E-state index contributed by atoms with van der Waals surface area (Å²) in [6, 6.07) is 0. The number of fused-ring (bicyclic) bond motifs is 5. The van der Waals surface area contributed by atoms with Gasteiger partial charge in [0.1, 0.15) is 0 Å². The zero-order valence-corrected chi connectivity index (χ0v) is 22.5. The van der Waals surface area contributed by atoms with Crippen LogP contribution in [0.2, 0.25) is 0 Å². The summed E-state index contributed by atoms with van der Waals surface area (Å²) in [6.07, 6.45) is 13.7. The fraction of sp³-hybridized carbons (Fsp3) is 1.00. The average Bonchev–Trinajstić information content (AvgIpc) is 3.22. The molecule has 1 heterocycles. The van der Waals surface area contributed by atoms with Crippen molar-refractivity contribution in [3.8, 4) is 0 Å². The van der Waals surface area contributed by atoms with Gasteiger partial charge in [-0.15, -0.1) is 0 Å². The van der Waals surface area contributed by atoms with E-state index in [1.165, 1.54) is 57.8 Å². The Kier molecular flexibility index (Phi) is 5.34. The Morgan fingerprint density at radius 3 is 2.12 bits per heavy atom. The molecule has 5 rings (SSSR count). The molecule has 2 nitrogen and oxygen atoms in total. The van der Waals surface area contributed by atoms with Gasteiger partial charge in [-0.05, 0) is 129 Å². The number of ether oxygens (including phenoxy) is 1. The summed E-state index contributed by atoms with van der Waals surface area (Å²) in [7, 11) is 0. The minimum Gasteiger partial charge on any atom is -0.393 e. The highest BCUT2D eigenvalue weighted by Crippen LogP contribution is 2.74. The van der Waals surface area contributed by atoms with Crippen LogP contribution in [0.15, 0.2) is 0 Å². The molecule has 0 aromatic heterocycles. The molecular weight excluding hydrogens is 392 g/mol. The molecular formula is C30H52O2. The summed E-state index contributed by atoms with van der Waals surface area (Å²) in [5, 5.41) is 10.8. The SMILES string of the molecule is CC(CCC1OC1(C)C)C1CCC2(C)C3CCC4C(C)(C)C(O)CCC4(C)C3CCC12C. The number of hydrogen-bond donors (Lipinski definition) is 1. The lowest BCUT2D eigenvalue weighted by atomic mass is 9.38. The largest absolute Gasteiger partial charge is 0.393 e. The first-order valence-corrected chi connectivity index (χ1v) is 14.1. The molecule has 1 aliphatic heterocycles. The van der Waals surface area contributed by atoms with Crippen LogP contribution in [0, 0.1) is 51.2 Å². The predicted octanol–water partition coefficient (Wildman–Crippen LogP) is 7.63. The molecule has 1 saturated heterocycles. The van der Waals surface area contributed by atoms with Gasteiger partial charge in [0.2, 0.25) is 0 Å². The van der Waals surface area contributed by atoms with E-state index in [2.05, 4.69) is 55.4 Å². The van der Waals surface area contributed by atoms with E-state index in [1.807, 2.05) is 0 Å². The van der Waals surface area contributed by atoms with Crippen LogP contribution in [-0.2, 0) is 4.74 Å². The quantitative estimate of drug-likeness (QED) is 0.452. The molecule has 5 fully saturated rings. The summed E-state index contributed by atoms with van der Waals surface area (Å²) in [6.45, 7) is 19.9. The number of aliphatic hydroxyl groups is 1. The number of rotatable bonds is 4. The van der Waals surface area contributed by atoms with Gasteiger partial charge in [0, 0.05) is 0 Å². The third kappa shape index (κ3) is 3.09. The maximum absolute atomic E-state index is 10.8. The molecule has 32 heavy (non-hydrogen) atoms. The van der Waals surface area contributed by atoms with E-state index in [9.17, 15) is 5.11 Å². The highest BCUT2D eigenvalue weighted by atomic mass is 16.6. The van der Waals surface area contributed by atoms with Gasteiger partial charge in [0.15, 0.2) is 0 Å². The van der Waals surface area contributed by atoms with Crippen molar-refractivity contribution in [2.45, 2.75) is 137 Å². The molecule has 5 aliphatic rings. The Labute approximate surface area is 198 Å². The van der Waals surface area contributed by atoms with Gasteiger partial charge < -0.3 is 9.84 Å². The van der Waals surface area contributed by atoms with Crippen LogP contribution in [0.1, 0.15) is 120 Å². The van der Waals surface area contributed by atoms with E-state index < -0.39 is 0 Å². The molecule has 0 aromatic carbocycles. The highest BCUT2D eigenvalue weighted by molar-refractivity contribution is 5.16. The van der Waals surface area contributed by atoms with Gasteiger partial charge in [-0.3, -0.25) is 0 Å². The second kappa shape index (κ2) is 7.22.